The van der Waals surface area contributed by atoms with Crippen LogP contribution >= 0.6 is 11.6 Å². The monoisotopic (exact) mass is 448 g/mol. The van der Waals surface area contributed by atoms with E-state index in [0.717, 1.165) is 27.8 Å². The number of hydrogen-bond acceptors (Lipinski definition) is 3. The number of amides is 1. The van der Waals surface area contributed by atoms with Gasteiger partial charge in [0.1, 0.15) is 6.04 Å². The number of carbonyl (C=O) groups is 1. The van der Waals surface area contributed by atoms with E-state index >= 15 is 0 Å². The topological polar surface area (TPSA) is 66.5 Å². The highest BCUT2D eigenvalue weighted by molar-refractivity contribution is 7.92. The number of nitrogens with one attached hydrogen (secondary N) is 1. The molecule has 0 aliphatic carbocycles. The van der Waals surface area contributed by atoms with Crippen molar-refractivity contribution in [1.82, 2.24) is 0 Å². The Morgan fingerprint density at radius 2 is 1.72 bits per heavy atom. The molecule has 0 bridgehead atoms. The Bertz CT molecular complexity index is 1040. The van der Waals surface area contributed by atoms with E-state index in [1.165, 1.54) is 19.1 Å². The molecule has 2 aromatic rings. The number of halogens is 4. The lowest BCUT2D eigenvalue weighted by Gasteiger charge is -2.29. The van der Waals surface area contributed by atoms with Gasteiger partial charge >= 0.3 is 6.18 Å². The second kappa shape index (κ2) is 8.23. The predicted molar refractivity (Wildman–Crippen MR) is 108 cm³/mol. The summed E-state index contributed by atoms with van der Waals surface area (Å²) in [5.41, 5.74) is 0.344. The van der Waals surface area contributed by atoms with Crippen LogP contribution in [0.25, 0.3) is 0 Å². The molecule has 2 rings (SSSR count). The summed E-state index contributed by atoms with van der Waals surface area (Å²) < 4.78 is 65.3. The first-order valence-electron chi connectivity index (χ1n) is 8.46. The highest BCUT2D eigenvalue weighted by Gasteiger charge is 2.36. The van der Waals surface area contributed by atoms with Crippen LogP contribution in [0.3, 0.4) is 0 Å². The molecule has 0 saturated heterocycles. The van der Waals surface area contributed by atoms with Gasteiger partial charge in [0.15, 0.2) is 0 Å². The molecule has 0 aromatic heterocycles. The summed E-state index contributed by atoms with van der Waals surface area (Å²) in [6.45, 7) is 4.93. The fraction of sp³-hybridized carbons (Fsp3) is 0.316. The maximum atomic E-state index is 13.3. The van der Waals surface area contributed by atoms with Crippen LogP contribution < -0.4 is 9.62 Å². The molecule has 0 unspecified atom stereocenters. The zero-order valence-corrected chi connectivity index (χ0v) is 17.7. The van der Waals surface area contributed by atoms with Crippen LogP contribution in [0.15, 0.2) is 36.4 Å². The summed E-state index contributed by atoms with van der Waals surface area (Å²) >= 11 is 5.64. The number of aryl methyl sites for hydroxylation is 2. The number of hydrogen-bond donors (Lipinski definition) is 1. The Morgan fingerprint density at radius 3 is 2.24 bits per heavy atom. The molecule has 0 heterocycles. The molecule has 1 N–H and O–H groups in total. The lowest BCUT2D eigenvalue weighted by atomic mass is 10.1. The van der Waals surface area contributed by atoms with Crippen molar-refractivity contribution in [2.45, 2.75) is 33.0 Å². The largest absolute Gasteiger partial charge is 0.418 e. The number of sulfonamides is 1. The van der Waals surface area contributed by atoms with Crippen LogP contribution in [-0.4, -0.2) is 26.6 Å². The minimum absolute atomic E-state index is 0.142. The molecule has 0 fully saturated rings. The lowest BCUT2D eigenvalue weighted by Crippen LogP contribution is -2.45. The summed E-state index contributed by atoms with van der Waals surface area (Å²) in [5.74, 6) is -0.915. The van der Waals surface area contributed by atoms with Crippen LogP contribution in [0.4, 0.5) is 24.5 Å². The Morgan fingerprint density at radius 1 is 1.10 bits per heavy atom. The van der Waals surface area contributed by atoms with Crippen molar-refractivity contribution >= 4 is 38.9 Å². The van der Waals surface area contributed by atoms with Crippen molar-refractivity contribution in [3.8, 4) is 0 Å². The zero-order chi connectivity index (χ0) is 22.1. The van der Waals surface area contributed by atoms with Gasteiger partial charge in [0.05, 0.1) is 23.2 Å². The van der Waals surface area contributed by atoms with Gasteiger partial charge in [-0.25, -0.2) is 8.42 Å². The number of rotatable bonds is 5. The smallest absolute Gasteiger partial charge is 0.324 e. The highest BCUT2D eigenvalue weighted by atomic mass is 35.5. The fourth-order valence-corrected chi connectivity index (χ4v) is 4.11. The molecular weight excluding hydrogens is 429 g/mol. The Hall–Kier alpha value is -2.26. The minimum atomic E-state index is -4.75. The number of alkyl halides is 3. The lowest BCUT2D eigenvalue weighted by molar-refractivity contribution is -0.137. The van der Waals surface area contributed by atoms with Crippen molar-refractivity contribution in [2.24, 2.45) is 0 Å². The van der Waals surface area contributed by atoms with E-state index in [0.29, 0.717) is 6.07 Å². The van der Waals surface area contributed by atoms with Crippen molar-refractivity contribution < 1.29 is 26.4 Å². The molecule has 2 aromatic carbocycles. The molecule has 0 aliphatic rings. The first kappa shape index (κ1) is 23.0. The maximum absolute atomic E-state index is 13.3. The molecule has 10 heteroatoms. The molecule has 0 spiro atoms. The fourth-order valence-electron chi connectivity index (χ4n) is 2.77. The SMILES string of the molecule is Cc1ccc(N([C@H](C)C(=O)Nc2ccc(Cl)cc2C(F)(F)F)S(C)(=O)=O)cc1C. The Kier molecular flexibility index (Phi) is 6.54. The standard InChI is InChI=1S/C19H20ClF3N2O3S/c1-11-5-7-15(9-12(11)2)25(29(4,27)28)13(3)18(26)24-17-8-6-14(20)10-16(17)19(21,22)23/h5-10,13H,1-4H3,(H,24,26)/t13-/m1/s1. The number of nitrogens with zero attached hydrogens (tertiary/aromatic N) is 1. The van der Waals surface area contributed by atoms with E-state index in [9.17, 15) is 26.4 Å². The van der Waals surface area contributed by atoms with Crippen molar-refractivity contribution in [3.05, 3.63) is 58.1 Å². The van der Waals surface area contributed by atoms with E-state index in [2.05, 4.69) is 5.32 Å². The van der Waals surface area contributed by atoms with Crippen LogP contribution in [0.1, 0.15) is 23.6 Å². The number of carbonyl (C=O) groups excluding carboxylic acids is 1. The molecule has 0 aliphatic heterocycles. The third-order valence-electron chi connectivity index (χ3n) is 4.38. The summed E-state index contributed by atoms with van der Waals surface area (Å²) in [7, 11) is -3.90. The minimum Gasteiger partial charge on any atom is -0.324 e. The van der Waals surface area contributed by atoms with Crippen LogP contribution in [-0.2, 0) is 21.0 Å². The molecule has 0 saturated carbocycles. The second-order valence-corrected chi connectivity index (χ2v) is 8.98. The average Bonchev–Trinajstić information content (AvgIpc) is 2.57. The summed E-state index contributed by atoms with van der Waals surface area (Å²) in [4.78, 5) is 12.7. The molecule has 29 heavy (non-hydrogen) atoms. The first-order valence-corrected chi connectivity index (χ1v) is 10.7. The van der Waals surface area contributed by atoms with Gasteiger partial charge in [-0.1, -0.05) is 17.7 Å². The summed E-state index contributed by atoms with van der Waals surface area (Å²) in [5, 5.41) is 2.03. The zero-order valence-electron chi connectivity index (χ0n) is 16.1. The van der Waals surface area contributed by atoms with Gasteiger partial charge in [-0.15, -0.1) is 0 Å². The second-order valence-electron chi connectivity index (χ2n) is 6.68. The van der Waals surface area contributed by atoms with Crippen LogP contribution in [0, 0.1) is 13.8 Å². The van der Waals surface area contributed by atoms with Crippen LogP contribution in [0.5, 0.6) is 0 Å². The highest BCUT2D eigenvalue weighted by Crippen LogP contribution is 2.36. The molecule has 0 radical (unpaired) electrons. The van der Waals surface area contributed by atoms with E-state index in [1.807, 2.05) is 6.92 Å². The molecule has 158 valence electrons. The molecular formula is C19H20ClF3N2O3S. The van der Waals surface area contributed by atoms with E-state index in [4.69, 9.17) is 11.6 Å². The third kappa shape index (κ3) is 5.42. The molecule has 1 atom stereocenters. The van der Waals surface area contributed by atoms with Gasteiger partial charge in [0.25, 0.3) is 0 Å². The number of benzene rings is 2. The van der Waals surface area contributed by atoms with Gasteiger partial charge in [-0.3, -0.25) is 9.10 Å². The van der Waals surface area contributed by atoms with Gasteiger partial charge in [0, 0.05) is 5.02 Å². The van der Waals surface area contributed by atoms with E-state index in [-0.39, 0.29) is 10.7 Å². The molecule has 5 nitrogen and oxygen atoms in total. The summed E-state index contributed by atoms with van der Waals surface area (Å²) in [6, 6.07) is 6.46. The molecule has 1 amide bonds. The van der Waals surface area contributed by atoms with Gasteiger partial charge < -0.3 is 5.32 Å². The van der Waals surface area contributed by atoms with Gasteiger partial charge in [0.2, 0.25) is 15.9 Å². The summed E-state index contributed by atoms with van der Waals surface area (Å²) in [6.07, 6.45) is -3.82. The van der Waals surface area contributed by atoms with E-state index in [1.54, 1.807) is 19.1 Å². The van der Waals surface area contributed by atoms with Gasteiger partial charge in [-0.2, -0.15) is 13.2 Å². The Balaban J connectivity index is 2.42. The van der Waals surface area contributed by atoms with Crippen molar-refractivity contribution in [1.29, 1.82) is 0 Å². The normalized spacial score (nSPS) is 13.1. The first-order chi connectivity index (χ1) is 13.2. The van der Waals surface area contributed by atoms with Crippen LogP contribution in [0.2, 0.25) is 5.02 Å². The number of anilines is 2. The quantitative estimate of drug-likeness (QED) is 0.716. The predicted octanol–water partition coefficient (Wildman–Crippen LogP) is 4.77. The van der Waals surface area contributed by atoms with Crippen molar-refractivity contribution in [2.75, 3.05) is 15.9 Å². The van der Waals surface area contributed by atoms with Gasteiger partial charge in [-0.05, 0) is 62.2 Å². The average molecular weight is 449 g/mol. The van der Waals surface area contributed by atoms with Crippen molar-refractivity contribution in [3.63, 3.8) is 0 Å². The Labute approximate surface area is 172 Å². The third-order valence-corrected chi connectivity index (χ3v) is 5.86. The maximum Gasteiger partial charge on any atom is 0.418 e. The van der Waals surface area contributed by atoms with E-state index < -0.39 is 39.4 Å².